The van der Waals surface area contributed by atoms with Gasteiger partial charge in [-0.3, -0.25) is 0 Å². The van der Waals surface area contributed by atoms with E-state index in [2.05, 4.69) is 15.9 Å². The third-order valence-corrected chi connectivity index (χ3v) is 3.23. The van der Waals surface area contributed by atoms with E-state index in [1.54, 1.807) is 6.07 Å². The van der Waals surface area contributed by atoms with E-state index in [0.29, 0.717) is 4.47 Å². The van der Waals surface area contributed by atoms with Gasteiger partial charge in [0.15, 0.2) is 0 Å². The minimum absolute atomic E-state index is 0.0159. The first-order valence-corrected chi connectivity index (χ1v) is 5.49. The van der Waals surface area contributed by atoms with Crippen molar-refractivity contribution < 1.29 is 9.50 Å². The molecule has 0 bridgehead atoms. The van der Waals surface area contributed by atoms with Gasteiger partial charge in [-0.25, -0.2) is 4.39 Å². The topological polar surface area (TPSA) is 46.2 Å². The van der Waals surface area contributed by atoms with E-state index < -0.39 is 5.41 Å². The summed E-state index contributed by atoms with van der Waals surface area (Å²) >= 11 is 3.27. The zero-order valence-electron chi connectivity index (χ0n) is 8.80. The molecule has 0 aliphatic rings. The Bertz CT molecular complexity index is 354. The van der Waals surface area contributed by atoms with Crippen LogP contribution >= 0.6 is 15.9 Å². The highest BCUT2D eigenvalue weighted by Crippen LogP contribution is 2.34. The summed E-state index contributed by atoms with van der Waals surface area (Å²) in [5.41, 5.74) is 6.39. The molecule has 1 rings (SSSR count). The van der Waals surface area contributed by atoms with Crippen molar-refractivity contribution in [2.75, 3.05) is 6.61 Å². The maximum absolute atomic E-state index is 12.9. The number of benzene rings is 1. The Morgan fingerprint density at radius 3 is 2.60 bits per heavy atom. The maximum atomic E-state index is 12.9. The van der Waals surface area contributed by atoms with Crippen molar-refractivity contribution >= 4 is 15.9 Å². The smallest absolute Gasteiger partial charge is 0.124 e. The lowest BCUT2D eigenvalue weighted by atomic mass is 9.82. The molecule has 4 heteroatoms. The summed E-state index contributed by atoms with van der Waals surface area (Å²) in [6, 6.07) is 4.05. The highest BCUT2D eigenvalue weighted by atomic mass is 79.9. The lowest BCUT2D eigenvalue weighted by Crippen LogP contribution is -2.32. The van der Waals surface area contributed by atoms with Crippen molar-refractivity contribution in [1.29, 1.82) is 0 Å². The minimum Gasteiger partial charge on any atom is -0.396 e. The van der Waals surface area contributed by atoms with E-state index in [9.17, 15) is 9.50 Å². The third kappa shape index (κ3) is 2.77. The highest BCUT2D eigenvalue weighted by Gasteiger charge is 2.28. The Hall–Kier alpha value is -0.450. The molecule has 0 aliphatic carbocycles. The highest BCUT2D eigenvalue weighted by molar-refractivity contribution is 9.10. The fraction of sp³-hybridized carbons (Fsp3) is 0.455. The SMILES string of the molecule is CC(C)(CO)[C@H](N)c1ccc(F)cc1Br. The molecule has 1 aromatic rings. The zero-order chi connectivity index (χ0) is 11.6. The molecule has 15 heavy (non-hydrogen) atoms. The lowest BCUT2D eigenvalue weighted by molar-refractivity contribution is 0.132. The summed E-state index contributed by atoms with van der Waals surface area (Å²) < 4.78 is 13.5. The molecule has 0 saturated heterocycles. The van der Waals surface area contributed by atoms with Crippen LogP contribution in [-0.2, 0) is 0 Å². The Labute approximate surface area is 97.4 Å². The average Bonchev–Trinajstić information content (AvgIpc) is 2.17. The summed E-state index contributed by atoms with van der Waals surface area (Å²) in [4.78, 5) is 0. The molecule has 1 atom stereocenters. The largest absolute Gasteiger partial charge is 0.396 e. The molecule has 0 aromatic heterocycles. The standard InChI is InChI=1S/C11H15BrFNO/c1-11(2,6-15)10(14)8-4-3-7(13)5-9(8)12/h3-5,10,15H,6,14H2,1-2H3/t10-/m1/s1. The predicted octanol–water partition coefficient (Wildman–Crippen LogP) is 2.61. The number of hydrogen-bond donors (Lipinski definition) is 2. The first-order chi connectivity index (χ1) is 6.88. The molecular weight excluding hydrogens is 261 g/mol. The molecule has 0 radical (unpaired) electrons. The van der Waals surface area contributed by atoms with Gasteiger partial charge in [0.2, 0.25) is 0 Å². The predicted molar refractivity (Wildman–Crippen MR) is 61.9 cm³/mol. The van der Waals surface area contributed by atoms with Crippen LogP contribution in [0.25, 0.3) is 0 Å². The van der Waals surface area contributed by atoms with E-state index in [1.807, 2.05) is 13.8 Å². The van der Waals surface area contributed by atoms with Gasteiger partial charge < -0.3 is 10.8 Å². The summed E-state index contributed by atoms with van der Waals surface area (Å²) in [5, 5.41) is 9.20. The van der Waals surface area contributed by atoms with Crippen LogP contribution in [0.1, 0.15) is 25.5 Å². The zero-order valence-corrected chi connectivity index (χ0v) is 10.4. The molecule has 2 nitrogen and oxygen atoms in total. The van der Waals surface area contributed by atoms with Crippen LogP contribution in [0.5, 0.6) is 0 Å². The molecule has 0 amide bonds. The van der Waals surface area contributed by atoms with E-state index in [4.69, 9.17) is 5.73 Å². The van der Waals surface area contributed by atoms with Crippen molar-refractivity contribution in [3.05, 3.63) is 34.1 Å². The van der Waals surface area contributed by atoms with Crippen molar-refractivity contribution in [1.82, 2.24) is 0 Å². The first kappa shape index (κ1) is 12.6. The summed E-state index contributed by atoms with van der Waals surface area (Å²) in [6.45, 7) is 3.72. The van der Waals surface area contributed by atoms with Gasteiger partial charge in [-0.1, -0.05) is 35.8 Å². The van der Waals surface area contributed by atoms with Crippen LogP contribution in [0.2, 0.25) is 0 Å². The second kappa shape index (κ2) is 4.60. The fourth-order valence-electron chi connectivity index (χ4n) is 1.27. The lowest BCUT2D eigenvalue weighted by Gasteiger charge is -2.30. The summed E-state index contributed by atoms with van der Waals surface area (Å²) in [6.07, 6.45) is 0. The summed E-state index contributed by atoms with van der Waals surface area (Å²) in [5.74, 6) is -0.306. The number of aliphatic hydroxyl groups is 1. The number of halogens is 2. The van der Waals surface area contributed by atoms with E-state index in [1.165, 1.54) is 12.1 Å². The van der Waals surface area contributed by atoms with Crippen molar-refractivity contribution in [2.24, 2.45) is 11.1 Å². The molecule has 0 aliphatic heterocycles. The Morgan fingerprint density at radius 2 is 2.13 bits per heavy atom. The van der Waals surface area contributed by atoms with Crippen LogP contribution in [0.4, 0.5) is 4.39 Å². The fourth-order valence-corrected chi connectivity index (χ4v) is 1.87. The molecule has 0 saturated carbocycles. The van der Waals surface area contributed by atoms with Gasteiger partial charge in [0.25, 0.3) is 0 Å². The average molecular weight is 276 g/mol. The second-order valence-electron chi connectivity index (χ2n) is 4.29. The number of aliphatic hydroxyl groups excluding tert-OH is 1. The number of rotatable bonds is 3. The van der Waals surface area contributed by atoms with Gasteiger partial charge in [0.1, 0.15) is 5.82 Å². The molecule has 0 fully saturated rings. The van der Waals surface area contributed by atoms with Crippen LogP contribution < -0.4 is 5.73 Å². The number of nitrogens with two attached hydrogens (primary N) is 1. The van der Waals surface area contributed by atoms with Crippen LogP contribution in [0, 0.1) is 11.2 Å². The van der Waals surface area contributed by atoms with Gasteiger partial charge in [-0.05, 0) is 17.7 Å². The Balaban J connectivity index is 3.06. The van der Waals surface area contributed by atoms with E-state index >= 15 is 0 Å². The molecular formula is C11H15BrFNO. The third-order valence-electron chi connectivity index (χ3n) is 2.55. The van der Waals surface area contributed by atoms with Crippen molar-refractivity contribution in [2.45, 2.75) is 19.9 Å². The van der Waals surface area contributed by atoms with E-state index in [0.717, 1.165) is 5.56 Å². The number of hydrogen-bond acceptors (Lipinski definition) is 2. The van der Waals surface area contributed by atoms with Gasteiger partial charge >= 0.3 is 0 Å². The second-order valence-corrected chi connectivity index (χ2v) is 5.14. The van der Waals surface area contributed by atoms with Crippen molar-refractivity contribution in [3.63, 3.8) is 0 Å². The Kier molecular flexibility index (Phi) is 3.87. The van der Waals surface area contributed by atoms with Gasteiger partial charge in [0.05, 0.1) is 0 Å². The monoisotopic (exact) mass is 275 g/mol. The molecule has 0 heterocycles. The minimum atomic E-state index is -0.430. The molecule has 3 N–H and O–H groups in total. The van der Waals surface area contributed by atoms with Crippen molar-refractivity contribution in [3.8, 4) is 0 Å². The van der Waals surface area contributed by atoms with Gasteiger partial charge in [0, 0.05) is 22.5 Å². The van der Waals surface area contributed by atoms with Crippen LogP contribution in [0.3, 0.4) is 0 Å². The normalized spacial score (nSPS) is 14.0. The Morgan fingerprint density at radius 1 is 1.53 bits per heavy atom. The molecule has 0 unspecified atom stereocenters. The van der Waals surface area contributed by atoms with Gasteiger partial charge in [-0.15, -0.1) is 0 Å². The van der Waals surface area contributed by atoms with Crippen LogP contribution in [0.15, 0.2) is 22.7 Å². The molecule has 0 spiro atoms. The molecule has 1 aromatic carbocycles. The van der Waals surface area contributed by atoms with E-state index in [-0.39, 0.29) is 18.5 Å². The first-order valence-electron chi connectivity index (χ1n) is 4.70. The van der Waals surface area contributed by atoms with Crippen LogP contribution in [-0.4, -0.2) is 11.7 Å². The molecule has 84 valence electrons. The van der Waals surface area contributed by atoms with Gasteiger partial charge in [-0.2, -0.15) is 0 Å². The summed E-state index contributed by atoms with van der Waals surface area (Å²) in [7, 11) is 0. The maximum Gasteiger partial charge on any atom is 0.124 e. The quantitative estimate of drug-likeness (QED) is 0.891.